The van der Waals surface area contributed by atoms with Gasteiger partial charge in [-0.2, -0.15) is 0 Å². The predicted octanol–water partition coefficient (Wildman–Crippen LogP) is 13.5. The SMILES string of the molecule is c1ccc(-c2ccc(N(c3ccc(-c4ccccc4)cc3)c3ccc(-c4ccc(-c5ccc(N6CCc7ccccc76)cc5)cc4)cc3)cc2)cc1. The van der Waals surface area contributed by atoms with Crippen molar-refractivity contribution in [1.82, 2.24) is 0 Å². The van der Waals surface area contributed by atoms with E-state index in [1.165, 1.54) is 61.4 Å². The summed E-state index contributed by atoms with van der Waals surface area (Å²) in [6.07, 6.45) is 1.10. The van der Waals surface area contributed by atoms with Gasteiger partial charge in [-0.15, -0.1) is 0 Å². The molecule has 0 N–H and O–H groups in total. The van der Waals surface area contributed by atoms with Crippen LogP contribution in [-0.4, -0.2) is 6.54 Å². The molecule has 1 aliphatic heterocycles. The summed E-state index contributed by atoms with van der Waals surface area (Å²) in [6.45, 7) is 1.03. The highest BCUT2D eigenvalue weighted by Crippen LogP contribution is 2.39. The monoisotopic (exact) mass is 666 g/mol. The van der Waals surface area contributed by atoms with E-state index in [1.54, 1.807) is 0 Å². The lowest BCUT2D eigenvalue weighted by Gasteiger charge is -2.26. The molecule has 1 aliphatic rings. The van der Waals surface area contributed by atoms with Gasteiger partial charge >= 0.3 is 0 Å². The van der Waals surface area contributed by atoms with E-state index < -0.39 is 0 Å². The summed E-state index contributed by atoms with van der Waals surface area (Å²) in [5.41, 5.74) is 17.0. The highest BCUT2D eigenvalue weighted by Gasteiger charge is 2.19. The standard InChI is InChI=1S/C50H38N2/c1-3-9-37(10-4-1)41-21-29-47(30-22-41)52(48-31-23-42(24-32-48)38-11-5-2-6-12-38)49-33-25-44(26-34-49)40-17-15-39(16-18-40)43-19-27-46(28-20-43)51-36-35-45-13-7-8-14-50(45)51/h1-34H,35-36H2. The molecule has 9 rings (SSSR count). The molecule has 0 saturated heterocycles. The maximum Gasteiger partial charge on any atom is 0.0462 e. The highest BCUT2D eigenvalue weighted by atomic mass is 15.2. The fraction of sp³-hybridized carbons (Fsp3) is 0.0400. The first kappa shape index (κ1) is 31.3. The Morgan fingerprint density at radius 1 is 0.308 bits per heavy atom. The van der Waals surface area contributed by atoms with Crippen LogP contribution in [0.4, 0.5) is 28.4 Å². The van der Waals surface area contributed by atoms with Gasteiger partial charge in [-0.25, -0.2) is 0 Å². The van der Waals surface area contributed by atoms with Crippen molar-refractivity contribution in [3.8, 4) is 44.5 Å². The smallest absolute Gasteiger partial charge is 0.0462 e. The van der Waals surface area contributed by atoms with E-state index in [-0.39, 0.29) is 0 Å². The Balaban J connectivity index is 0.973. The summed E-state index contributed by atoms with van der Waals surface area (Å²) in [5, 5.41) is 0. The molecule has 2 nitrogen and oxygen atoms in total. The molecule has 0 spiro atoms. The number of rotatable bonds is 8. The average molecular weight is 667 g/mol. The van der Waals surface area contributed by atoms with E-state index in [1.807, 2.05) is 0 Å². The second-order valence-electron chi connectivity index (χ2n) is 13.4. The van der Waals surface area contributed by atoms with Crippen molar-refractivity contribution in [1.29, 1.82) is 0 Å². The molecule has 248 valence electrons. The maximum absolute atomic E-state index is 2.42. The number of anilines is 5. The lowest BCUT2D eigenvalue weighted by atomic mass is 9.99. The molecule has 52 heavy (non-hydrogen) atoms. The first-order chi connectivity index (χ1) is 25.8. The molecule has 0 fully saturated rings. The van der Waals surface area contributed by atoms with Crippen LogP contribution in [0.5, 0.6) is 0 Å². The van der Waals surface area contributed by atoms with Crippen LogP contribution in [0.2, 0.25) is 0 Å². The van der Waals surface area contributed by atoms with Gasteiger partial charge in [-0.3, -0.25) is 0 Å². The third kappa shape index (κ3) is 6.27. The van der Waals surface area contributed by atoms with Crippen molar-refractivity contribution in [2.45, 2.75) is 6.42 Å². The molecular formula is C50H38N2. The molecular weight excluding hydrogens is 629 g/mol. The molecule has 0 radical (unpaired) electrons. The Labute approximate surface area is 306 Å². The summed E-state index contributed by atoms with van der Waals surface area (Å²) in [4.78, 5) is 4.76. The van der Waals surface area contributed by atoms with Crippen LogP contribution in [0, 0.1) is 0 Å². The Bertz CT molecular complexity index is 2310. The second-order valence-corrected chi connectivity index (χ2v) is 13.4. The van der Waals surface area contributed by atoms with Gasteiger partial charge in [0, 0.05) is 35.0 Å². The molecule has 0 saturated carbocycles. The minimum Gasteiger partial charge on any atom is -0.341 e. The lowest BCUT2D eigenvalue weighted by molar-refractivity contribution is 0.998. The molecule has 8 aromatic carbocycles. The molecule has 0 atom stereocenters. The van der Waals surface area contributed by atoms with Crippen molar-refractivity contribution < 1.29 is 0 Å². The van der Waals surface area contributed by atoms with Gasteiger partial charge in [0.25, 0.3) is 0 Å². The van der Waals surface area contributed by atoms with E-state index in [9.17, 15) is 0 Å². The number of hydrogen-bond donors (Lipinski definition) is 0. The van der Waals surface area contributed by atoms with Crippen molar-refractivity contribution in [2.24, 2.45) is 0 Å². The lowest BCUT2D eigenvalue weighted by Crippen LogP contribution is -2.12. The van der Waals surface area contributed by atoms with Gasteiger partial charge in [0.2, 0.25) is 0 Å². The summed E-state index contributed by atoms with van der Waals surface area (Å²) >= 11 is 0. The molecule has 0 amide bonds. The summed E-state index contributed by atoms with van der Waals surface area (Å²) in [5.74, 6) is 0. The van der Waals surface area contributed by atoms with Crippen molar-refractivity contribution in [2.75, 3.05) is 16.3 Å². The van der Waals surface area contributed by atoms with Gasteiger partial charge in [0.05, 0.1) is 0 Å². The fourth-order valence-electron chi connectivity index (χ4n) is 7.41. The quantitative estimate of drug-likeness (QED) is 0.159. The van der Waals surface area contributed by atoms with E-state index in [4.69, 9.17) is 0 Å². The van der Waals surface area contributed by atoms with Gasteiger partial charge in [0.1, 0.15) is 0 Å². The van der Waals surface area contributed by atoms with Crippen LogP contribution in [-0.2, 0) is 6.42 Å². The molecule has 8 aromatic rings. The first-order valence-corrected chi connectivity index (χ1v) is 18.0. The van der Waals surface area contributed by atoms with Gasteiger partial charge in [-0.05, 0) is 111 Å². The third-order valence-electron chi connectivity index (χ3n) is 10.2. The van der Waals surface area contributed by atoms with E-state index in [2.05, 4.69) is 216 Å². The molecule has 0 aliphatic carbocycles. The topological polar surface area (TPSA) is 6.48 Å². The van der Waals surface area contributed by atoms with Gasteiger partial charge in [-0.1, -0.05) is 152 Å². The predicted molar refractivity (Wildman–Crippen MR) is 220 cm³/mol. The van der Waals surface area contributed by atoms with Crippen molar-refractivity contribution in [3.05, 3.63) is 212 Å². The van der Waals surface area contributed by atoms with Gasteiger partial charge in [0.15, 0.2) is 0 Å². The highest BCUT2D eigenvalue weighted by molar-refractivity contribution is 5.81. The second kappa shape index (κ2) is 13.9. The zero-order chi connectivity index (χ0) is 34.7. The Hall–Kier alpha value is -6.64. The minimum absolute atomic E-state index is 1.03. The van der Waals surface area contributed by atoms with Crippen LogP contribution in [0.1, 0.15) is 5.56 Å². The Morgan fingerprint density at radius 2 is 0.635 bits per heavy atom. The first-order valence-electron chi connectivity index (χ1n) is 18.0. The van der Waals surface area contributed by atoms with E-state index in [0.717, 1.165) is 30.0 Å². The number of benzene rings is 8. The van der Waals surface area contributed by atoms with E-state index >= 15 is 0 Å². The fourth-order valence-corrected chi connectivity index (χ4v) is 7.41. The largest absolute Gasteiger partial charge is 0.341 e. The average Bonchev–Trinajstić information content (AvgIpc) is 3.67. The molecule has 0 aromatic heterocycles. The Kier molecular flexibility index (Phi) is 8.40. The number of fused-ring (bicyclic) bond motifs is 1. The summed E-state index contributed by atoms with van der Waals surface area (Å²) < 4.78 is 0. The normalized spacial score (nSPS) is 12.0. The van der Waals surface area contributed by atoms with Crippen molar-refractivity contribution >= 4 is 28.4 Å². The van der Waals surface area contributed by atoms with Crippen LogP contribution in [0.25, 0.3) is 44.5 Å². The molecule has 0 bridgehead atoms. The van der Waals surface area contributed by atoms with Crippen LogP contribution >= 0.6 is 0 Å². The van der Waals surface area contributed by atoms with Crippen molar-refractivity contribution in [3.63, 3.8) is 0 Å². The molecule has 0 unspecified atom stereocenters. The number of nitrogens with zero attached hydrogens (tertiary/aromatic N) is 2. The molecule has 1 heterocycles. The zero-order valence-electron chi connectivity index (χ0n) is 28.9. The summed E-state index contributed by atoms with van der Waals surface area (Å²) in [7, 11) is 0. The number of hydrogen-bond acceptors (Lipinski definition) is 2. The van der Waals surface area contributed by atoms with Crippen LogP contribution in [0.15, 0.2) is 206 Å². The van der Waals surface area contributed by atoms with Gasteiger partial charge < -0.3 is 9.80 Å². The summed E-state index contributed by atoms with van der Waals surface area (Å²) in [6, 6.07) is 74.4. The zero-order valence-corrected chi connectivity index (χ0v) is 28.9. The van der Waals surface area contributed by atoms with Crippen LogP contribution < -0.4 is 9.80 Å². The van der Waals surface area contributed by atoms with E-state index in [0.29, 0.717) is 0 Å². The Morgan fingerprint density at radius 3 is 1.06 bits per heavy atom. The maximum atomic E-state index is 2.42. The minimum atomic E-state index is 1.03. The number of para-hydroxylation sites is 1. The third-order valence-corrected chi connectivity index (χ3v) is 10.2. The van der Waals surface area contributed by atoms with Crippen LogP contribution in [0.3, 0.4) is 0 Å². The molecule has 2 heteroatoms.